The molecule has 0 radical (unpaired) electrons. The van der Waals surface area contributed by atoms with Gasteiger partial charge in [-0.1, -0.05) is 30.3 Å². The smallest absolute Gasteiger partial charge is 0.322 e. The zero-order valence-corrected chi connectivity index (χ0v) is 7.36. The first-order valence-corrected chi connectivity index (χ1v) is 4.62. The molecule has 1 aromatic rings. The molecule has 0 amide bonds. The van der Waals surface area contributed by atoms with Gasteiger partial charge in [-0.3, -0.25) is 9.00 Å². The number of benzene rings is 1. The molecule has 0 aromatic heterocycles. The lowest BCUT2D eigenvalue weighted by molar-refractivity contribution is -0.136. The molecule has 0 fully saturated rings. The van der Waals surface area contributed by atoms with E-state index in [2.05, 4.69) is 0 Å². The zero-order chi connectivity index (χ0) is 9.84. The summed E-state index contributed by atoms with van der Waals surface area (Å²) in [5.41, 5.74) is 0.267. The quantitative estimate of drug-likeness (QED) is 0.726. The fourth-order valence-corrected chi connectivity index (χ4v) is 1.51. The van der Waals surface area contributed by atoms with Gasteiger partial charge in [0.05, 0.1) is 0 Å². The fraction of sp³-hybridized carbons (Fsp3) is 0.125. The highest BCUT2D eigenvalue weighted by Gasteiger charge is 2.19. The Morgan fingerprint density at radius 1 is 1.38 bits per heavy atom. The molecule has 13 heavy (non-hydrogen) atoms. The van der Waals surface area contributed by atoms with Crippen LogP contribution < -0.4 is 0 Å². The Morgan fingerprint density at radius 3 is 2.31 bits per heavy atom. The molecule has 0 bridgehead atoms. The van der Waals surface area contributed by atoms with E-state index in [1.165, 1.54) is 12.1 Å². The lowest BCUT2D eigenvalue weighted by Crippen LogP contribution is -2.16. The molecule has 2 atom stereocenters. The lowest BCUT2D eigenvalue weighted by atomic mass is 10.1. The number of carbonyl (C=O) groups is 1. The van der Waals surface area contributed by atoms with Crippen LogP contribution in [0.1, 0.15) is 10.8 Å². The minimum Gasteiger partial charge on any atom is -0.771 e. The van der Waals surface area contributed by atoms with Crippen LogP contribution in [-0.4, -0.2) is 19.8 Å². The van der Waals surface area contributed by atoms with Gasteiger partial charge in [0.2, 0.25) is 0 Å². The molecule has 1 aromatic carbocycles. The van der Waals surface area contributed by atoms with Crippen LogP contribution in [0.4, 0.5) is 0 Å². The number of rotatable bonds is 3. The van der Waals surface area contributed by atoms with Crippen molar-refractivity contribution in [2.75, 3.05) is 0 Å². The maximum absolute atomic E-state index is 10.6. The molecular formula is C8H7O4S-. The van der Waals surface area contributed by atoms with Gasteiger partial charge < -0.3 is 9.66 Å². The Hall–Kier alpha value is -1.20. The minimum absolute atomic E-state index is 0.267. The molecule has 70 valence electrons. The van der Waals surface area contributed by atoms with Crippen molar-refractivity contribution in [2.24, 2.45) is 0 Å². The second kappa shape index (κ2) is 4.15. The van der Waals surface area contributed by atoms with Gasteiger partial charge in [0.25, 0.3) is 0 Å². The van der Waals surface area contributed by atoms with Gasteiger partial charge in [0, 0.05) is 0 Å². The largest absolute Gasteiger partial charge is 0.771 e. The Labute approximate surface area is 77.5 Å². The summed E-state index contributed by atoms with van der Waals surface area (Å²) in [5.74, 6) is -1.36. The van der Waals surface area contributed by atoms with Crippen LogP contribution in [0.2, 0.25) is 0 Å². The third kappa shape index (κ3) is 2.37. The van der Waals surface area contributed by atoms with E-state index >= 15 is 0 Å². The molecule has 1 N–H and O–H groups in total. The molecule has 2 unspecified atom stereocenters. The third-order valence-electron chi connectivity index (χ3n) is 1.52. The van der Waals surface area contributed by atoms with E-state index in [1.54, 1.807) is 18.2 Å². The van der Waals surface area contributed by atoms with Crippen LogP contribution in [0.5, 0.6) is 0 Å². The van der Waals surface area contributed by atoms with Gasteiger partial charge in [-0.2, -0.15) is 0 Å². The van der Waals surface area contributed by atoms with Crippen molar-refractivity contribution < 1.29 is 18.7 Å². The molecule has 1 rings (SSSR count). The Kier molecular flexibility index (Phi) is 3.16. The first-order valence-electron chi connectivity index (χ1n) is 3.48. The zero-order valence-electron chi connectivity index (χ0n) is 6.54. The van der Waals surface area contributed by atoms with E-state index in [9.17, 15) is 13.6 Å². The SMILES string of the molecule is O=C(O)C(c1ccccc1)S(=O)[O-]. The molecule has 0 heterocycles. The molecule has 0 aliphatic carbocycles. The molecular weight excluding hydrogens is 192 g/mol. The molecule has 0 aliphatic heterocycles. The van der Waals surface area contributed by atoms with Crippen LogP contribution in [-0.2, 0) is 15.9 Å². The second-order valence-corrected chi connectivity index (χ2v) is 3.38. The first kappa shape index (κ1) is 9.88. The number of aliphatic carboxylic acids is 1. The molecule has 0 aliphatic rings. The Balaban J connectivity index is 3.03. The van der Waals surface area contributed by atoms with Crippen LogP contribution in [0.3, 0.4) is 0 Å². The lowest BCUT2D eigenvalue weighted by Gasteiger charge is -2.14. The van der Waals surface area contributed by atoms with Crippen LogP contribution in [0.15, 0.2) is 30.3 Å². The topological polar surface area (TPSA) is 77.4 Å². The van der Waals surface area contributed by atoms with E-state index in [0.29, 0.717) is 0 Å². The van der Waals surface area contributed by atoms with Gasteiger partial charge in [-0.25, -0.2) is 0 Å². The number of hydrogen-bond acceptors (Lipinski definition) is 3. The summed E-state index contributed by atoms with van der Waals surface area (Å²) < 4.78 is 21.1. The molecule has 5 heteroatoms. The molecule has 0 saturated carbocycles. The van der Waals surface area contributed by atoms with Gasteiger partial charge in [-0.05, 0) is 16.6 Å². The fourth-order valence-electron chi connectivity index (χ4n) is 0.964. The van der Waals surface area contributed by atoms with Gasteiger partial charge >= 0.3 is 5.97 Å². The van der Waals surface area contributed by atoms with Crippen molar-refractivity contribution in [3.8, 4) is 0 Å². The summed E-state index contributed by atoms with van der Waals surface area (Å²) in [5, 5.41) is 7.13. The predicted octanol–water partition coefficient (Wildman–Crippen LogP) is 0.691. The number of carboxylic acid groups (broad SMARTS) is 1. The summed E-state index contributed by atoms with van der Waals surface area (Å²) in [6.45, 7) is 0. The maximum Gasteiger partial charge on any atom is 0.322 e. The predicted molar refractivity (Wildman–Crippen MR) is 45.7 cm³/mol. The average Bonchev–Trinajstić information content (AvgIpc) is 2.04. The van der Waals surface area contributed by atoms with Gasteiger partial charge in [-0.15, -0.1) is 0 Å². The average molecular weight is 199 g/mol. The van der Waals surface area contributed by atoms with Crippen molar-refractivity contribution in [2.45, 2.75) is 5.25 Å². The molecule has 0 spiro atoms. The third-order valence-corrected chi connectivity index (χ3v) is 2.38. The Morgan fingerprint density at radius 2 is 1.92 bits per heavy atom. The van der Waals surface area contributed by atoms with E-state index in [4.69, 9.17) is 5.11 Å². The number of carboxylic acids is 1. The molecule has 4 nitrogen and oxygen atoms in total. The minimum atomic E-state index is -2.63. The van der Waals surface area contributed by atoms with Crippen LogP contribution >= 0.6 is 0 Å². The Bertz CT molecular complexity index is 308. The summed E-state index contributed by atoms with van der Waals surface area (Å²) >= 11 is -2.63. The van der Waals surface area contributed by atoms with Crippen molar-refractivity contribution in [3.05, 3.63) is 35.9 Å². The standard InChI is InChI=1S/C8H8O4S/c9-8(10)7(13(11)12)6-4-2-1-3-5-6/h1-5,7H,(H,9,10)(H,11,12)/p-1. The van der Waals surface area contributed by atoms with Crippen molar-refractivity contribution in [1.29, 1.82) is 0 Å². The first-order chi connectivity index (χ1) is 6.13. The summed E-state index contributed by atoms with van der Waals surface area (Å²) in [4.78, 5) is 10.5. The van der Waals surface area contributed by atoms with Crippen molar-refractivity contribution >= 4 is 17.0 Å². The summed E-state index contributed by atoms with van der Waals surface area (Å²) in [7, 11) is 0. The normalized spacial score (nSPS) is 14.8. The monoisotopic (exact) mass is 199 g/mol. The van der Waals surface area contributed by atoms with Crippen LogP contribution in [0.25, 0.3) is 0 Å². The van der Waals surface area contributed by atoms with Gasteiger partial charge in [0.15, 0.2) is 0 Å². The highest BCUT2D eigenvalue weighted by molar-refractivity contribution is 7.80. The second-order valence-electron chi connectivity index (χ2n) is 2.39. The summed E-state index contributed by atoms with van der Waals surface area (Å²) in [6.07, 6.45) is 0. The highest BCUT2D eigenvalue weighted by atomic mass is 32.2. The van der Waals surface area contributed by atoms with Crippen molar-refractivity contribution in [1.82, 2.24) is 0 Å². The molecule has 0 saturated heterocycles. The highest BCUT2D eigenvalue weighted by Crippen LogP contribution is 2.18. The van der Waals surface area contributed by atoms with E-state index in [0.717, 1.165) is 0 Å². The van der Waals surface area contributed by atoms with Crippen molar-refractivity contribution in [3.63, 3.8) is 0 Å². The maximum atomic E-state index is 10.6. The number of hydrogen-bond donors (Lipinski definition) is 1. The van der Waals surface area contributed by atoms with E-state index in [1.807, 2.05) is 0 Å². The van der Waals surface area contributed by atoms with Gasteiger partial charge in [0.1, 0.15) is 5.25 Å². The summed E-state index contributed by atoms with van der Waals surface area (Å²) in [6, 6.07) is 7.82. The van der Waals surface area contributed by atoms with E-state index < -0.39 is 22.3 Å². The van der Waals surface area contributed by atoms with Crippen LogP contribution in [0, 0.1) is 0 Å². The van der Waals surface area contributed by atoms with E-state index in [-0.39, 0.29) is 5.56 Å².